The number of aromatic nitrogens is 1. The van der Waals surface area contributed by atoms with Crippen LogP contribution in [0.5, 0.6) is 0 Å². The van der Waals surface area contributed by atoms with Crippen molar-refractivity contribution in [2.75, 3.05) is 0 Å². The van der Waals surface area contributed by atoms with Crippen molar-refractivity contribution in [3.8, 4) is 0 Å². The molecule has 3 rings (SSSR count). The summed E-state index contributed by atoms with van der Waals surface area (Å²) in [7, 11) is 0. The number of hydrogen-bond donors (Lipinski definition) is 1. The topological polar surface area (TPSA) is 42.0 Å². The van der Waals surface area contributed by atoms with Gasteiger partial charge in [-0.05, 0) is 36.1 Å². The lowest BCUT2D eigenvalue weighted by molar-refractivity contribution is -0.121. The van der Waals surface area contributed by atoms with Crippen LogP contribution in [0.1, 0.15) is 21.9 Å². The van der Waals surface area contributed by atoms with Crippen LogP contribution in [0, 0.1) is 6.92 Å². The number of rotatable bonds is 5. The molecular formula is C16H16N2OS2. The zero-order valence-electron chi connectivity index (χ0n) is 11.8. The SMILES string of the molecule is Cc1ccsc1CNC(=O)CCc1nc2ccccc2s1. The maximum Gasteiger partial charge on any atom is 0.220 e. The highest BCUT2D eigenvalue weighted by molar-refractivity contribution is 7.18. The first-order valence-corrected chi connectivity index (χ1v) is 8.56. The van der Waals surface area contributed by atoms with E-state index in [0.717, 1.165) is 10.5 Å². The second-order valence-electron chi connectivity index (χ2n) is 4.88. The quantitative estimate of drug-likeness (QED) is 0.775. The molecule has 1 aromatic carbocycles. The summed E-state index contributed by atoms with van der Waals surface area (Å²) < 4.78 is 1.18. The van der Waals surface area contributed by atoms with Crippen LogP contribution in [0.25, 0.3) is 10.2 Å². The third-order valence-corrected chi connectivity index (χ3v) is 5.44. The lowest BCUT2D eigenvalue weighted by Gasteiger charge is -2.03. The lowest BCUT2D eigenvalue weighted by atomic mass is 10.2. The first-order valence-electron chi connectivity index (χ1n) is 6.86. The number of para-hydroxylation sites is 1. The molecule has 5 heteroatoms. The monoisotopic (exact) mass is 316 g/mol. The van der Waals surface area contributed by atoms with E-state index in [1.807, 2.05) is 18.2 Å². The highest BCUT2D eigenvalue weighted by Gasteiger charge is 2.07. The highest BCUT2D eigenvalue weighted by Crippen LogP contribution is 2.22. The summed E-state index contributed by atoms with van der Waals surface area (Å²) in [6, 6.07) is 10.2. The van der Waals surface area contributed by atoms with Crippen molar-refractivity contribution in [1.82, 2.24) is 10.3 Å². The normalized spacial score (nSPS) is 10.9. The van der Waals surface area contributed by atoms with Gasteiger partial charge in [-0.25, -0.2) is 4.98 Å². The molecule has 0 saturated carbocycles. The Morgan fingerprint density at radius 1 is 1.29 bits per heavy atom. The van der Waals surface area contributed by atoms with E-state index in [-0.39, 0.29) is 5.91 Å². The maximum atomic E-state index is 11.9. The van der Waals surface area contributed by atoms with Gasteiger partial charge in [0.15, 0.2) is 0 Å². The summed E-state index contributed by atoms with van der Waals surface area (Å²) in [6.45, 7) is 2.70. The Kier molecular flexibility index (Phi) is 4.31. The number of benzene rings is 1. The summed E-state index contributed by atoms with van der Waals surface area (Å²) >= 11 is 3.35. The number of thiazole rings is 1. The fraction of sp³-hybridized carbons (Fsp3) is 0.250. The third kappa shape index (κ3) is 3.49. The standard InChI is InChI=1S/C16H16N2OS2/c1-11-8-9-20-14(11)10-17-15(19)6-7-16-18-12-4-2-3-5-13(12)21-16/h2-5,8-9H,6-7,10H2,1H3,(H,17,19). The summed E-state index contributed by atoms with van der Waals surface area (Å²) in [4.78, 5) is 17.7. The second-order valence-corrected chi connectivity index (χ2v) is 6.99. The highest BCUT2D eigenvalue weighted by atomic mass is 32.1. The van der Waals surface area contributed by atoms with Gasteiger partial charge in [-0.3, -0.25) is 4.79 Å². The minimum absolute atomic E-state index is 0.0852. The van der Waals surface area contributed by atoms with Crippen molar-refractivity contribution < 1.29 is 4.79 Å². The van der Waals surface area contributed by atoms with Crippen molar-refractivity contribution in [3.05, 3.63) is 51.2 Å². The van der Waals surface area contributed by atoms with E-state index in [9.17, 15) is 4.79 Å². The van der Waals surface area contributed by atoms with Gasteiger partial charge in [0.1, 0.15) is 0 Å². The van der Waals surface area contributed by atoms with Gasteiger partial charge in [0.2, 0.25) is 5.91 Å². The largest absolute Gasteiger partial charge is 0.351 e. The van der Waals surface area contributed by atoms with Crippen LogP contribution < -0.4 is 5.32 Å². The van der Waals surface area contributed by atoms with Gasteiger partial charge in [0, 0.05) is 17.7 Å². The molecule has 0 fully saturated rings. The van der Waals surface area contributed by atoms with Crippen molar-refractivity contribution in [2.45, 2.75) is 26.3 Å². The summed E-state index contributed by atoms with van der Waals surface area (Å²) in [5.41, 5.74) is 2.26. The molecule has 0 aliphatic rings. The van der Waals surface area contributed by atoms with E-state index in [0.29, 0.717) is 19.4 Å². The van der Waals surface area contributed by atoms with E-state index in [2.05, 4.69) is 34.7 Å². The Bertz CT molecular complexity index is 727. The molecule has 108 valence electrons. The van der Waals surface area contributed by atoms with E-state index < -0.39 is 0 Å². The number of amides is 1. The Labute approximate surface area is 131 Å². The average Bonchev–Trinajstić information content (AvgIpc) is 3.08. The minimum atomic E-state index is 0.0852. The molecule has 0 saturated heterocycles. The molecule has 3 nitrogen and oxygen atoms in total. The number of hydrogen-bond acceptors (Lipinski definition) is 4. The Hall–Kier alpha value is -1.72. The molecule has 0 bridgehead atoms. The Morgan fingerprint density at radius 3 is 2.90 bits per heavy atom. The number of nitrogens with zero attached hydrogens (tertiary/aromatic N) is 1. The fourth-order valence-corrected chi connectivity index (χ4v) is 3.91. The first kappa shape index (κ1) is 14.2. The minimum Gasteiger partial charge on any atom is -0.351 e. The molecule has 1 amide bonds. The molecule has 0 aliphatic carbocycles. The zero-order chi connectivity index (χ0) is 14.7. The predicted octanol–water partition coefficient (Wildman–Crippen LogP) is 3.92. The van der Waals surface area contributed by atoms with Crippen LogP contribution in [0.4, 0.5) is 0 Å². The van der Waals surface area contributed by atoms with Gasteiger partial charge in [-0.15, -0.1) is 22.7 Å². The molecule has 0 unspecified atom stereocenters. The summed E-state index contributed by atoms with van der Waals surface area (Å²) in [5, 5.41) is 6.06. The molecule has 1 N–H and O–H groups in total. The summed E-state index contributed by atoms with van der Waals surface area (Å²) in [6.07, 6.45) is 1.19. The number of nitrogens with one attached hydrogen (secondary N) is 1. The molecule has 0 aliphatic heterocycles. The molecule has 3 aromatic rings. The molecule has 0 spiro atoms. The number of thiophene rings is 1. The number of carbonyl (C=O) groups is 1. The summed E-state index contributed by atoms with van der Waals surface area (Å²) in [5.74, 6) is 0.0852. The first-order chi connectivity index (χ1) is 10.2. The molecule has 0 atom stereocenters. The van der Waals surface area contributed by atoms with Crippen LogP contribution in [0.15, 0.2) is 35.7 Å². The third-order valence-electron chi connectivity index (χ3n) is 3.32. The molecule has 21 heavy (non-hydrogen) atoms. The van der Waals surface area contributed by atoms with Crippen molar-refractivity contribution in [3.63, 3.8) is 0 Å². The second kappa shape index (κ2) is 6.37. The van der Waals surface area contributed by atoms with Crippen LogP contribution >= 0.6 is 22.7 Å². The van der Waals surface area contributed by atoms with Gasteiger partial charge in [-0.1, -0.05) is 12.1 Å². The van der Waals surface area contributed by atoms with Crippen molar-refractivity contribution in [1.29, 1.82) is 0 Å². The van der Waals surface area contributed by atoms with Crippen LogP contribution in [-0.2, 0) is 17.8 Å². The number of fused-ring (bicyclic) bond motifs is 1. The molecular weight excluding hydrogens is 300 g/mol. The van der Waals surface area contributed by atoms with E-state index in [1.54, 1.807) is 22.7 Å². The van der Waals surface area contributed by atoms with E-state index in [4.69, 9.17) is 0 Å². The van der Waals surface area contributed by atoms with Gasteiger partial charge in [0.05, 0.1) is 21.8 Å². The van der Waals surface area contributed by atoms with Gasteiger partial charge in [0.25, 0.3) is 0 Å². The Morgan fingerprint density at radius 2 is 2.14 bits per heavy atom. The average molecular weight is 316 g/mol. The van der Waals surface area contributed by atoms with Crippen LogP contribution in [0.2, 0.25) is 0 Å². The zero-order valence-corrected chi connectivity index (χ0v) is 13.4. The maximum absolute atomic E-state index is 11.9. The van der Waals surface area contributed by atoms with Crippen LogP contribution in [0.3, 0.4) is 0 Å². The van der Waals surface area contributed by atoms with Crippen LogP contribution in [-0.4, -0.2) is 10.9 Å². The molecule has 2 aromatic heterocycles. The number of aryl methyl sites for hydroxylation is 2. The van der Waals surface area contributed by atoms with Gasteiger partial charge in [-0.2, -0.15) is 0 Å². The lowest BCUT2D eigenvalue weighted by Crippen LogP contribution is -2.22. The molecule has 0 radical (unpaired) electrons. The van der Waals surface area contributed by atoms with E-state index >= 15 is 0 Å². The van der Waals surface area contributed by atoms with Crippen molar-refractivity contribution >= 4 is 38.8 Å². The van der Waals surface area contributed by atoms with Crippen molar-refractivity contribution in [2.24, 2.45) is 0 Å². The smallest absolute Gasteiger partial charge is 0.220 e. The fourth-order valence-electron chi connectivity index (χ4n) is 2.10. The predicted molar refractivity (Wildman–Crippen MR) is 88.8 cm³/mol. The number of carbonyl (C=O) groups excluding carboxylic acids is 1. The Balaban J connectivity index is 1.52. The van der Waals surface area contributed by atoms with Gasteiger partial charge < -0.3 is 5.32 Å². The van der Waals surface area contributed by atoms with E-state index in [1.165, 1.54) is 15.1 Å². The molecule has 2 heterocycles. The van der Waals surface area contributed by atoms with Gasteiger partial charge >= 0.3 is 0 Å².